The Hall–Kier alpha value is -1.93. The first-order chi connectivity index (χ1) is 13.8. The molecule has 0 saturated carbocycles. The zero-order chi connectivity index (χ0) is 21.3. The molecule has 0 spiro atoms. The van der Waals surface area contributed by atoms with Crippen LogP contribution in [0.15, 0.2) is 53.4 Å². The number of nitrogens with one attached hydrogen (secondary N) is 1. The number of hydrogen-bond acceptors (Lipinski definition) is 4. The minimum Gasteiger partial charge on any atom is -0.382 e. The van der Waals surface area contributed by atoms with Crippen LogP contribution < -0.4 is 5.32 Å². The van der Waals surface area contributed by atoms with Crippen molar-refractivity contribution < 1.29 is 17.9 Å². The number of rotatable bonds is 11. The van der Waals surface area contributed by atoms with E-state index in [0.29, 0.717) is 36.8 Å². The van der Waals surface area contributed by atoms with E-state index in [-0.39, 0.29) is 23.9 Å². The molecule has 0 bridgehead atoms. The van der Waals surface area contributed by atoms with Crippen LogP contribution >= 0.6 is 11.6 Å². The van der Waals surface area contributed by atoms with Crippen molar-refractivity contribution in [2.24, 2.45) is 0 Å². The molecule has 0 unspecified atom stereocenters. The number of carbonyl (C=O) groups excluding carboxylic acids is 1. The highest BCUT2D eigenvalue weighted by atomic mass is 35.5. The van der Waals surface area contributed by atoms with E-state index in [4.69, 9.17) is 16.3 Å². The number of hydrogen-bond donors (Lipinski definition) is 1. The smallest absolute Gasteiger partial charge is 0.243 e. The van der Waals surface area contributed by atoms with Gasteiger partial charge in [0.1, 0.15) is 0 Å². The Morgan fingerprint density at radius 3 is 2.48 bits per heavy atom. The number of carbonyl (C=O) groups is 1. The second-order valence-electron chi connectivity index (χ2n) is 6.58. The Bertz CT molecular complexity index is 901. The molecule has 1 amide bonds. The topological polar surface area (TPSA) is 75.7 Å². The molecule has 0 aliphatic rings. The summed E-state index contributed by atoms with van der Waals surface area (Å²) < 4.78 is 32.8. The molecule has 1 N–H and O–H groups in total. The van der Waals surface area contributed by atoms with Crippen molar-refractivity contribution in [3.05, 3.63) is 64.7 Å². The minimum absolute atomic E-state index is 0.00223. The quantitative estimate of drug-likeness (QED) is 0.545. The summed E-state index contributed by atoms with van der Waals surface area (Å²) >= 11 is 6.22. The Kier molecular flexibility index (Phi) is 9.10. The zero-order valence-electron chi connectivity index (χ0n) is 16.7. The van der Waals surface area contributed by atoms with Gasteiger partial charge in [0, 0.05) is 31.3 Å². The Balaban J connectivity index is 2.18. The molecular weight excluding hydrogens is 412 g/mol. The van der Waals surface area contributed by atoms with Crippen molar-refractivity contribution in [1.29, 1.82) is 0 Å². The second-order valence-corrected chi connectivity index (χ2v) is 8.92. The molecule has 158 valence electrons. The summed E-state index contributed by atoms with van der Waals surface area (Å²) in [4.78, 5) is 12.5. The van der Waals surface area contributed by atoms with E-state index in [0.717, 1.165) is 9.87 Å². The maximum atomic E-state index is 13.2. The SMILES string of the molecule is CCOCCCNC(=O)CN(Cc1ccccc1Cl)S(=O)(=O)c1ccc(C)cc1. The lowest BCUT2D eigenvalue weighted by Crippen LogP contribution is -2.40. The van der Waals surface area contributed by atoms with Crippen LogP contribution in [0.5, 0.6) is 0 Å². The first-order valence-electron chi connectivity index (χ1n) is 9.49. The molecule has 29 heavy (non-hydrogen) atoms. The fourth-order valence-corrected chi connectivity index (χ4v) is 4.23. The van der Waals surface area contributed by atoms with Crippen LogP contribution in [0.2, 0.25) is 5.02 Å². The van der Waals surface area contributed by atoms with Gasteiger partial charge in [-0.1, -0.05) is 47.5 Å². The van der Waals surface area contributed by atoms with E-state index in [1.807, 2.05) is 13.8 Å². The maximum Gasteiger partial charge on any atom is 0.243 e. The summed E-state index contributed by atoms with van der Waals surface area (Å²) in [6.07, 6.45) is 0.662. The molecule has 0 aliphatic carbocycles. The highest BCUT2D eigenvalue weighted by Gasteiger charge is 2.27. The molecule has 0 saturated heterocycles. The van der Waals surface area contributed by atoms with E-state index in [2.05, 4.69) is 5.32 Å². The molecule has 0 heterocycles. The normalized spacial score (nSPS) is 11.6. The van der Waals surface area contributed by atoms with E-state index < -0.39 is 10.0 Å². The second kappa shape index (κ2) is 11.3. The fraction of sp³-hybridized carbons (Fsp3) is 0.381. The maximum absolute atomic E-state index is 13.2. The van der Waals surface area contributed by atoms with E-state index in [9.17, 15) is 13.2 Å². The van der Waals surface area contributed by atoms with E-state index in [1.54, 1.807) is 48.5 Å². The summed E-state index contributed by atoms with van der Waals surface area (Å²) in [5, 5.41) is 3.20. The number of benzene rings is 2. The zero-order valence-corrected chi connectivity index (χ0v) is 18.3. The summed E-state index contributed by atoms with van der Waals surface area (Å²) in [5.41, 5.74) is 1.59. The summed E-state index contributed by atoms with van der Waals surface area (Å²) in [7, 11) is -3.88. The molecule has 2 aromatic carbocycles. The molecule has 2 rings (SSSR count). The van der Waals surface area contributed by atoms with Gasteiger partial charge in [-0.15, -0.1) is 0 Å². The van der Waals surface area contributed by atoms with Crippen molar-refractivity contribution >= 4 is 27.5 Å². The van der Waals surface area contributed by atoms with Gasteiger partial charge in [-0.05, 0) is 44.0 Å². The lowest BCUT2D eigenvalue weighted by Gasteiger charge is -2.22. The third-order valence-electron chi connectivity index (χ3n) is 4.28. The lowest BCUT2D eigenvalue weighted by atomic mass is 10.2. The van der Waals surface area contributed by atoms with Gasteiger partial charge < -0.3 is 10.1 Å². The van der Waals surface area contributed by atoms with Crippen LogP contribution in [0.4, 0.5) is 0 Å². The monoisotopic (exact) mass is 438 g/mol. The van der Waals surface area contributed by atoms with Gasteiger partial charge in [0.15, 0.2) is 0 Å². The molecule has 0 aromatic heterocycles. The Labute approximate surface area is 177 Å². The Morgan fingerprint density at radius 1 is 1.14 bits per heavy atom. The van der Waals surface area contributed by atoms with E-state index in [1.165, 1.54) is 0 Å². The number of ether oxygens (including phenoxy) is 1. The van der Waals surface area contributed by atoms with Crippen LogP contribution in [-0.2, 0) is 26.1 Å². The van der Waals surface area contributed by atoms with Gasteiger partial charge in [-0.25, -0.2) is 8.42 Å². The van der Waals surface area contributed by atoms with Crippen LogP contribution in [0, 0.1) is 6.92 Å². The van der Waals surface area contributed by atoms with Crippen molar-refractivity contribution in [2.45, 2.75) is 31.7 Å². The standard InChI is InChI=1S/C21H27ClN2O4S/c1-3-28-14-6-13-23-21(25)16-24(15-18-7-4-5-8-20(18)22)29(26,27)19-11-9-17(2)10-12-19/h4-5,7-12H,3,6,13-16H2,1-2H3,(H,23,25). The lowest BCUT2D eigenvalue weighted by molar-refractivity contribution is -0.121. The third kappa shape index (κ3) is 7.12. The largest absolute Gasteiger partial charge is 0.382 e. The first kappa shape index (κ1) is 23.3. The predicted octanol–water partition coefficient (Wildman–Crippen LogP) is 3.38. The van der Waals surface area contributed by atoms with Crippen molar-refractivity contribution in [1.82, 2.24) is 9.62 Å². The molecule has 0 radical (unpaired) electrons. The molecule has 0 atom stereocenters. The third-order valence-corrected chi connectivity index (χ3v) is 6.45. The van der Waals surface area contributed by atoms with Gasteiger partial charge in [-0.2, -0.15) is 4.31 Å². The van der Waals surface area contributed by atoms with E-state index >= 15 is 0 Å². The average Bonchev–Trinajstić information content (AvgIpc) is 2.69. The highest BCUT2D eigenvalue weighted by molar-refractivity contribution is 7.89. The van der Waals surface area contributed by atoms with Gasteiger partial charge in [0.2, 0.25) is 15.9 Å². The minimum atomic E-state index is -3.88. The summed E-state index contributed by atoms with van der Waals surface area (Å²) in [6.45, 7) is 5.08. The van der Waals surface area contributed by atoms with Gasteiger partial charge in [0.05, 0.1) is 11.4 Å². The summed E-state index contributed by atoms with van der Waals surface area (Å²) in [6, 6.07) is 13.6. The Morgan fingerprint density at radius 2 is 1.83 bits per heavy atom. The fourth-order valence-electron chi connectivity index (χ4n) is 2.66. The molecule has 0 aliphatic heterocycles. The molecule has 0 fully saturated rings. The highest BCUT2D eigenvalue weighted by Crippen LogP contribution is 2.22. The van der Waals surface area contributed by atoms with Crippen LogP contribution in [0.1, 0.15) is 24.5 Å². The van der Waals surface area contributed by atoms with Crippen molar-refractivity contribution in [3.8, 4) is 0 Å². The number of nitrogens with zero attached hydrogens (tertiary/aromatic N) is 1. The van der Waals surface area contributed by atoms with Crippen molar-refractivity contribution in [3.63, 3.8) is 0 Å². The number of amides is 1. The number of aryl methyl sites for hydroxylation is 1. The van der Waals surface area contributed by atoms with Crippen molar-refractivity contribution in [2.75, 3.05) is 26.3 Å². The first-order valence-corrected chi connectivity index (χ1v) is 11.3. The van der Waals surface area contributed by atoms with Gasteiger partial charge in [0.25, 0.3) is 0 Å². The molecule has 6 nitrogen and oxygen atoms in total. The van der Waals surface area contributed by atoms with Crippen LogP contribution in [-0.4, -0.2) is 44.9 Å². The average molecular weight is 439 g/mol. The van der Waals surface area contributed by atoms with Crippen LogP contribution in [0.25, 0.3) is 0 Å². The van der Waals surface area contributed by atoms with Gasteiger partial charge >= 0.3 is 0 Å². The number of sulfonamides is 1. The molecular formula is C21H27ClN2O4S. The molecule has 8 heteroatoms. The van der Waals surface area contributed by atoms with Gasteiger partial charge in [-0.3, -0.25) is 4.79 Å². The summed E-state index contributed by atoms with van der Waals surface area (Å²) in [5.74, 6) is -0.371. The molecule has 2 aromatic rings. The predicted molar refractivity (Wildman–Crippen MR) is 114 cm³/mol. The van der Waals surface area contributed by atoms with Crippen LogP contribution in [0.3, 0.4) is 0 Å². The number of halogens is 1.